The first-order valence-electron chi connectivity index (χ1n) is 4.18. The van der Waals surface area contributed by atoms with Crippen molar-refractivity contribution in [1.29, 1.82) is 0 Å². The number of rotatable bonds is 1. The summed E-state index contributed by atoms with van der Waals surface area (Å²) in [5, 5.41) is 13.6. The summed E-state index contributed by atoms with van der Waals surface area (Å²) in [7, 11) is 0. The summed E-state index contributed by atoms with van der Waals surface area (Å²) >= 11 is 5.72. The Kier molecular flexibility index (Phi) is 2.41. The van der Waals surface area contributed by atoms with Crippen molar-refractivity contribution in [1.82, 2.24) is 10.4 Å². The third-order valence-corrected chi connectivity index (χ3v) is 2.38. The number of carbonyl (C=O) groups is 1. The first-order chi connectivity index (χ1) is 6.68. The van der Waals surface area contributed by atoms with Gasteiger partial charge in [-0.05, 0) is 17.7 Å². The number of halogens is 1. The van der Waals surface area contributed by atoms with Gasteiger partial charge in [-0.1, -0.05) is 23.7 Å². The lowest BCUT2D eigenvalue weighted by atomic mass is 10.2. The quantitative estimate of drug-likeness (QED) is 0.687. The number of hydrogen-bond donors (Lipinski definition) is 2. The molecule has 1 aromatic rings. The number of nitrogens with one attached hydrogen (secondary N) is 1. The second kappa shape index (κ2) is 3.57. The normalized spacial score (nSPS) is 21.7. The molecule has 1 heterocycles. The van der Waals surface area contributed by atoms with Crippen molar-refractivity contribution in [3.8, 4) is 0 Å². The van der Waals surface area contributed by atoms with Gasteiger partial charge in [-0.15, -0.1) is 0 Å². The second-order valence-corrected chi connectivity index (χ2v) is 3.51. The van der Waals surface area contributed by atoms with E-state index in [1.54, 1.807) is 24.3 Å². The smallest absolute Gasteiger partial charge is 0.261 e. The van der Waals surface area contributed by atoms with E-state index in [1.165, 1.54) is 0 Å². The van der Waals surface area contributed by atoms with Gasteiger partial charge in [-0.3, -0.25) is 15.3 Å². The predicted molar refractivity (Wildman–Crippen MR) is 50.8 cm³/mol. The minimum atomic E-state index is -0.459. The van der Waals surface area contributed by atoms with E-state index >= 15 is 0 Å². The average Bonchev–Trinajstić information content (AvgIpc) is 2.50. The van der Waals surface area contributed by atoms with Crippen LogP contribution < -0.4 is 5.32 Å². The second-order valence-electron chi connectivity index (χ2n) is 3.07. The summed E-state index contributed by atoms with van der Waals surface area (Å²) in [4.78, 5) is 11.0. The van der Waals surface area contributed by atoms with E-state index in [-0.39, 0.29) is 12.5 Å². The molecule has 14 heavy (non-hydrogen) atoms. The number of hydrogen-bond acceptors (Lipinski definition) is 3. The van der Waals surface area contributed by atoms with Gasteiger partial charge in [0.05, 0.1) is 6.54 Å². The van der Waals surface area contributed by atoms with Crippen LogP contribution in [0.4, 0.5) is 0 Å². The monoisotopic (exact) mass is 212 g/mol. The molecule has 0 saturated carbocycles. The maximum atomic E-state index is 11.0. The van der Waals surface area contributed by atoms with Crippen LogP contribution in [-0.4, -0.2) is 22.7 Å². The number of nitrogens with zero attached hydrogens (tertiary/aromatic N) is 1. The van der Waals surface area contributed by atoms with Crippen LogP contribution in [-0.2, 0) is 4.79 Å². The molecule has 1 fully saturated rings. The van der Waals surface area contributed by atoms with E-state index in [0.717, 1.165) is 5.56 Å². The fourth-order valence-corrected chi connectivity index (χ4v) is 1.53. The highest BCUT2D eigenvalue weighted by atomic mass is 35.5. The van der Waals surface area contributed by atoms with Crippen LogP contribution in [0.2, 0.25) is 5.02 Å². The molecule has 1 aliphatic rings. The minimum absolute atomic E-state index is 0.157. The fourth-order valence-electron chi connectivity index (χ4n) is 1.40. The summed E-state index contributed by atoms with van der Waals surface area (Å²) < 4.78 is 0. The van der Waals surface area contributed by atoms with Gasteiger partial charge in [0.15, 0.2) is 0 Å². The first-order valence-corrected chi connectivity index (χ1v) is 4.56. The summed E-state index contributed by atoms with van der Waals surface area (Å²) in [5.74, 6) is -0.329. The van der Waals surface area contributed by atoms with Crippen molar-refractivity contribution in [2.45, 2.75) is 6.17 Å². The Morgan fingerprint density at radius 1 is 1.43 bits per heavy atom. The maximum absolute atomic E-state index is 11.0. The van der Waals surface area contributed by atoms with Gasteiger partial charge < -0.3 is 0 Å². The molecule has 4 nitrogen and oxygen atoms in total. The summed E-state index contributed by atoms with van der Waals surface area (Å²) in [6.07, 6.45) is -0.459. The van der Waals surface area contributed by atoms with Crippen LogP contribution in [0.15, 0.2) is 24.3 Å². The molecule has 2 rings (SSSR count). The van der Waals surface area contributed by atoms with E-state index in [0.29, 0.717) is 10.1 Å². The van der Waals surface area contributed by atoms with Crippen molar-refractivity contribution in [3.63, 3.8) is 0 Å². The van der Waals surface area contributed by atoms with Crippen molar-refractivity contribution in [2.75, 3.05) is 6.54 Å². The fraction of sp³-hybridized carbons (Fsp3) is 0.222. The van der Waals surface area contributed by atoms with Crippen LogP contribution >= 0.6 is 11.6 Å². The van der Waals surface area contributed by atoms with Crippen LogP contribution in [0, 0.1) is 0 Å². The molecule has 74 valence electrons. The molecule has 1 unspecified atom stereocenters. The van der Waals surface area contributed by atoms with Crippen molar-refractivity contribution >= 4 is 17.5 Å². The van der Waals surface area contributed by atoms with Crippen LogP contribution in [0.5, 0.6) is 0 Å². The molecule has 0 aliphatic carbocycles. The maximum Gasteiger partial charge on any atom is 0.261 e. The molecule has 0 aromatic heterocycles. The van der Waals surface area contributed by atoms with Crippen LogP contribution in [0.25, 0.3) is 0 Å². The molecule has 1 aromatic carbocycles. The lowest BCUT2D eigenvalue weighted by molar-refractivity contribution is -0.165. The van der Waals surface area contributed by atoms with Gasteiger partial charge >= 0.3 is 0 Å². The molecule has 0 radical (unpaired) electrons. The molecule has 1 saturated heterocycles. The Labute approximate surface area is 86.0 Å². The molecule has 2 N–H and O–H groups in total. The minimum Gasteiger partial charge on any atom is -0.284 e. The van der Waals surface area contributed by atoms with E-state index in [9.17, 15) is 10.0 Å². The third-order valence-electron chi connectivity index (χ3n) is 2.13. The highest BCUT2D eigenvalue weighted by molar-refractivity contribution is 6.30. The topological polar surface area (TPSA) is 52.6 Å². The van der Waals surface area contributed by atoms with Crippen LogP contribution in [0.3, 0.4) is 0 Å². The lowest BCUT2D eigenvalue weighted by Crippen LogP contribution is -2.26. The van der Waals surface area contributed by atoms with Gasteiger partial charge in [0.2, 0.25) is 0 Å². The largest absolute Gasteiger partial charge is 0.284 e. The molecule has 0 spiro atoms. The van der Waals surface area contributed by atoms with Gasteiger partial charge in [0.25, 0.3) is 5.91 Å². The van der Waals surface area contributed by atoms with Gasteiger partial charge in [0.1, 0.15) is 6.17 Å². The molecule has 1 aliphatic heterocycles. The Bertz CT molecular complexity index is 352. The highest BCUT2D eigenvalue weighted by Gasteiger charge is 2.30. The molecule has 1 atom stereocenters. The first kappa shape index (κ1) is 9.45. The summed E-state index contributed by atoms with van der Waals surface area (Å²) in [6, 6.07) is 6.97. The van der Waals surface area contributed by atoms with Gasteiger partial charge in [-0.2, -0.15) is 0 Å². The summed E-state index contributed by atoms with van der Waals surface area (Å²) in [6.45, 7) is 0.157. The molecule has 5 heteroatoms. The molecular weight excluding hydrogens is 204 g/mol. The standard InChI is InChI=1S/C9H9ClN2O2/c10-7-3-1-6(2-4-7)9-11-5-8(13)12(9)14/h1-4,9,11,14H,5H2. The predicted octanol–water partition coefficient (Wildman–Crippen LogP) is 1.16. The third kappa shape index (κ3) is 1.59. The zero-order valence-electron chi connectivity index (χ0n) is 7.27. The molecular formula is C9H9ClN2O2. The van der Waals surface area contributed by atoms with Crippen molar-refractivity contribution in [3.05, 3.63) is 34.9 Å². The van der Waals surface area contributed by atoms with Gasteiger partial charge in [0, 0.05) is 5.02 Å². The van der Waals surface area contributed by atoms with Crippen molar-refractivity contribution < 1.29 is 10.0 Å². The van der Waals surface area contributed by atoms with E-state index in [4.69, 9.17) is 11.6 Å². The number of carbonyl (C=O) groups excluding carboxylic acids is 1. The zero-order valence-corrected chi connectivity index (χ0v) is 8.03. The average molecular weight is 213 g/mol. The number of benzene rings is 1. The highest BCUT2D eigenvalue weighted by Crippen LogP contribution is 2.21. The summed E-state index contributed by atoms with van der Waals surface area (Å²) in [5.41, 5.74) is 0.808. The SMILES string of the molecule is O=C1CNC(c2ccc(Cl)cc2)N1O. The zero-order chi connectivity index (χ0) is 10.1. The Hall–Kier alpha value is -1.10. The van der Waals surface area contributed by atoms with Gasteiger partial charge in [-0.25, -0.2) is 5.06 Å². The van der Waals surface area contributed by atoms with Crippen LogP contribution in [0.1, 0.15) is 11.7 Å². The Morgan fingerprint density at radius 2 is 2.07 bits per heavy atom. The number of hydroxylamine groups is 2. The number of amides is 1. The lowest BCUT2D eigenvalue weighted by Gasteiger charge is -2.17. The van der Waals surface area contributed by atoms with E-state index in [1.807, 2.05) is 0 Å². The molecule has 1 amide bonds. The Morgan fingerprint density at radius 3 is 2.57 bits per heavy atom. The van der Waals surface area contributed by atoms with Crippen molar-refractivity contribution in [2.24, 2.45) is 0 Å². The van der Waals surface area contributed by atoms with E-state index in [2.05, 4.69) is 5.32 Å². The molecule has 0 bridgehead atoms. The Balaban J connectivity index is 2.23. The van der Waals surface area contributed by atoms with E-state index < -0.39 is 6.17 Å².